The molecule has 82 valence electrons. The summed E-state index contributed by atoms with van der Waals surface area (Å²) in [7, 11) is 0. The van der Waals surface area contributed by atoms with Crippen LogP contribution in [-0.2, 0) is 0 Å². The lowest BCUT2D eigenvalue weighted by Gasteiger charge is -2.12. The van der Waals surface area contributed by atoms with Crippen LogP contribution >= 0.6 is 11.6 Å². The van der Waals surface area contributed by atoms with Crippen LogP contribution in [0.2, 0.25) is 5.02 Å². The third-order valence-corrected chi connectivity index (χ3v) is 2.14. The van der Waals surface area contributed by atoms with Crippen molar-refractivity contribution in [2.75, 3.05) is 12.0 Å². The molecule has 1 aromatic carbocycles. The first kappa shape index (κ1) is 12.0. The molecule has 0 saturated heterocycles. The molecule has 1 aromatic rings. The van der Waals surface area contributed by atoms with Gasteiger partial charge in [-0.25, -0.2) is 5.43 Å². The Morgan fingerprint density at radius 2 is 2.20 bits per heavy atom. The molecule has 0 aliphatic carbocycles. The largest absolute Gasteiger partial charge is 0.307 e. The molecule has 0 aliphatic rings. The summed E-state index contributed by atoms with van der Waals surface area (Å²) in [5, 5.41) is 0.450. The van der Waals surface area contributed by atoms with Gasteiger partial charge >= 0.3 is 0 Å². The van der Waals surface area contributed by atoms with Crippen molar-refractivity contribution < 1.29 is 4.79 Å². The molecule has 4 nitrogen and oxygen atoms in total. The summed E-state index contributed by atoms with van der Waals surface area (Å²) in [4.78, 5) is 11.3. The summed E-state index contributed by atoms with van der Waals surface area (Å²) in [6, 6.07) is 5.26. The molecular formula is C10H14ClN3O. The summed E-state index contributed by atoms with van der Waals surface area (Å²) in [5.74, 6) is -0.0681. The molecular weight excluding hydrogens is 214 g/mol. The Labute approximate surface area is 93.9 Å². The van der Waals surface area contributed by atoms with E-state index in [0.717, 1.165) is 6.54 Å². The number of hydrogen-bond donors (Lipinski definition) is 3. The average Bonchev–Trinajstić information content (AvgIpc) is 2.17. The average molecular weight is 228 g/mol. The van der Waals surface area contributed by atoms with Crippen molar-refractivity contribution in [2.45, 2.75) is 13.8 Å². The molecule has 1 rings (SSSR count). The summed E-state index contributed by atoms with van der Waals surface area (Å²) in [6.45, 7) is 4.21. The SMILES string of the molecule is CCNNNc1cccc(Cl)c1C(C)=O. The highest BCUT2D eigenvalue weighted by atomic mass is 35.5. The van der Waals surface area contributed by atoms with Gasteiger partial charge in [-0.2, -0.15) is 5.53 Å². The van der Waals surface area contributed by atoms with Gasteiger partial charge in [0.1, 0.15) is 0 Å². The standard InChI is InChI=1S/C10H14ClN3O/c1-3-12-14-13-9-6-4-5-8(11)10(9)7(2)15/h4-6,12-14H,3H2,1-2H3. The van der Waals surface area contributed by atoms with Gasteiger partial charge in [0.2, 0.25) is 0 Å². The molecule has 0 unspecified atom stereocenters. The Morgan fingerprint density at radius 1 is 1.47 bits per heavy atom. The van der Waals surface area contributed by atoms with Crippen LogP contribution in [0.1, 0.15) is 24.2 Å². The second-order valence-corrected chi connectivity index (χ2v) is 3.41. The Kier molecular flexibility index (Phi) is 4.55. The summed E-state index contributed by atoms with van der Waals surface area (Å²) in [6.07, 6.45) is 0. The Hall–Kier alpha value is -1.10. The molecule has 3 N–H and O–H groups in total. The molecule has 0 spiro atoms. The molecule has 0 heterocycles. The number of anilines is 1. The molecule has 0 saturated carbocycles. The molecule has 0 fully saturated rings. The highest BCUT2D eigenvalue weighted by Gasteiger charge is 2.10. The molecule has 0 aromatic heterocycles. The number of carbonyl (C=O) groups is 1. The van der Waals surface area contributed by atoms with Crippen molar-refractivity contribution in [1.29, 1.82) is 0 Å². The Bertz CT molecular complexity index is 355. The van der Waals surface area contributed by atoms with E-state index in [9.17, 15) is 4.79 Å². The number of Topliss-reactive ketones (excluding diaryl/α,β-unsaturated/α-hetero) is 1. The lowest BCUT2D eigenvalue weighted by atomic mass is 10.1. The second kappa shape index (κ2) is 5.70. The fourth-order valence-electron chi connectivity index (χ4n) is 1.19. The number of hydrogen-bond acceptors (Lipinski definition) is 4. The molecule has 0 amide bonds. The minimum atomic E-state index is -0.0681. The van der Waals surface area contributed by atoms with Crippen LogP contribution in [0.4, 0.5) is 5.69 Å². The number of nitrogens with one attached hydrogen (secondary N) is 3. The van der Waals surface area contributed by atoms with Gasteiger partial charge in [0.15, 0.2) is 5.78 Å². The fourth-order valence-corrected chi connectivity index (χ4v) is 1.49. The molecule has 15 heavy (non-hydrogen) atoms. The van der Waals surface area contributed by atoms with Gasteiger partial charge in [-0.3, -0.25) is 4.79 Å². The molecule has 0 bridgehead atoms. The number of halogens is 1. The number of benzene rings is 1. The number of carbonyl (C=O) groups excluding carboxylic acids is 1. The predicted octanol–water partition coefficient (Wildman–Crippen LogP) is 1.98. The van der Waals surface area contributed by atoms with Gasteiger partial charge in [-0.15, -0.1) is 0 Å². The van der Waals surface area contributed by atoms with E-state index in [1.807, 2.05) is 6.92 Å². The maximum atomic E-state index is 11.3. The smallest absolute Gasteiger partial charge is 0.163 e. The topological polar surface area (TPSA) is 53.2 Å². The first-order chi connectivity index (χ1) is 7.16. The summed E-state index contributed by atoms with van der Waals surface area (Å²) >= 11 is 5.93. The summed E-state index contributed by atoms with van der Waals surface area (Å²) in [5.41, 5.74) is 9.65. The van der Waals surface area contributed by atoms with Gasteiger partial charge in [0.05, 0.1) is 16.3 Å². The second-order valence-electron chi connectivity index (χ2n) is 3.00. The van der Waals surface area contributed by atoms with Crippen LogP contribution in [0.3, 0.4) is 0 Å². The van der Waals surface area contributed by atoms with Crippen LogP contribution < -0.4 is 16.4 Å². The van der Waals surface area contributed by atoms with Gasteiger partial charge < -0.3 is 5.43 Å². The van der Waals surface area contributed by atoms with Crippen LogP contribution in [0.5, 0.6) is 0 Å². The lowest BCUT2D eigenvalue weighted by Crippen LogP contribution is -2.36. The van der Waals surface area contributed by atoms with Crippen molar-refractivity contribution in [3.63, 3.8) is 0 Å². The van der Waals surface area contributed by atoms with E-state index in [1.165, 1.54) is 6.92 Å². The zero-order valence-corrected chi connectivity index (χ0v) is 9.48. The maximum absolute atomic E-state index is 11.3. The van der Waals surface area contributed by atoms with Crippen LogP contribution in [-0.4, -0.2) is 12.3 Å². The van der Waals surface area contributed by atoms with Crippen molar-refractivity contribution >= 4 is 23.1 Å². The molecule has 0 radical (unpaired) electrons. The number of hydrazine groups is 2. The highest BCUT2D eigenvalue weighted by molar-refractivity contribution is 6.34. The summed E-state index contributed by atoms with van der Waals surface area (Å²) < 4.78 is 0. The predicted molar refractivity (Wildman–Crippen MR) is 61.9 cm³/mol. The van der Waals surface area contributed by atoms with Gasteiger partial charge in [-0.05, 0) is 19.1 Å². The van der Waals surface area contributed by atoms with E-state index in [4.69, 9.17) is 11.6 Å². The van der Waals surface area contributed by atoms with Crippen LogP contribution in [0.25, 0.3) is 0 Å². The van der Waals surface area contributed by atoms with E-state index in [0.29, 0.717) is 16.3 Å². The van der Waals surface area contributed by atoms with Crippen LogP contribution in [0, 0.1) is 0 Å². The van der Waals surface area contributed by atoms with Crippen molar-refractivity contribution in [3.05, 3.63) is 28.8 Å². The third-order valence-electron chi connectivity index (χ3n) is 1.83. The fraction of sp³-hybridized carbons (Fsp3) is 0.300. The maximum Gasteiger partial charge on any atom is 0.163 e. The first-order valence-electron chi connectivity index (χ1n) is 4.70. The zero-order chi connectivity index (χ0) is 11.3. The van der Waals surface area contributed by atoms with Gasteiger partial charge in [-0.1, -0.05) is 24.6 Å². The van der Waals surface area contributed by atoms with Crippen molar-refractivity contribution in [1.82, 2.24) is 11.0 Å². The Balaban J connectivity index is 2.86. The van der Waals surface area contributed by atoms with Gasteiger partial charge in [0.25, 0.3) is 0 Å². The third kappa shape index (κ3) is 3.20. The van der Waals surface area contributed by atoms with Crippen LogP contribution in [0.15, 0.2) is 18.2 Å². The Morgan fingerprint density at radius 3 is 2.80 bits per heavy atom. The molecule has 5 heteroatoms. The minimum absolute atomic E-state index is 0.0681. The van der Waals surface area contributed by atoms with Crippen molar-refractivity contribution in [3.8, 4) is 0 Å². The van der Waals surface area contributed by atoms with Gasteiger partial charge in [0, 0.05) is 6.54 Å². The lowest BCUT2D eigenvalue weighted by molar-refractivity contribution is 0.101. The molecule has 0 aliphatic heterocycles. The van der Waals surface area contributed by atoms with E-state index in [-0.39, 0.29) is 5.78 Å². The number of ketones is 1. The zero-order valence-electron chi connectivity index (χ0n) is 8.73. The van der Waals surface area contributed by atoms with E-state index in [1.54, 1.807) is 18.2 Å². The minimum Gasteiger partial charge on any atom is -0.307 e. The quantitative estimate of drug-likeness (QED) is 0.409. The molecule has 0 atom stereocenters. The van der Waals surface area contributed by atoms with E-state index in [2.05, 4.69) is 16.4 Å². The van der Waals surface area contributed by atoms with E-state index < -0.39 is 0 Å². The first-order valence-corrected chi connectivity index (χ1v) is 5.08. The normalized spacial score (nSPS) is 10.1. The monoisotopic (exact) mass is 227 g/mol. The van der Waals surface area contributed by atoms with E-state index >= 15 is 0 Å². The highest BCUT2D eigenvalue weighted by Crippen LogP contribution is 2.23. The van der Waals surface area contributed by atoms with Crippen molar-refractivity contribution in [2.24, 2.45) is 0 Å². The number of rotatable bonds is 5.